The van der Waals surface area contributed by atoms with E-state index in [4.69, 9.17) is 5.11 Å². The van der Waals surface area contributed by atoms with Crippen LogP contribution in [0.1, 0.15) is 57.2 Å². The molecule has 1 N–H and O–H groups in total. The van der Waals surface area contributed by atoms with Gasteiger partial charge in [0, 0.05) is 0 Å². The molecule has 1 nitrogen and oxygen atoms in total. The number of hydrogen-bond donors (Lipinski definition) is 1. The molecule has 0 aromatic heterocycles. The van der Waals surface area contributed by atoms with E-state index in [2.05, 4.69) is 45.9 Å². The molecule has 1 rings (SSSR count). The second-order valence-electron chi connectivity index (χ2n) is 5.45. The summed E-state index contributed by atoms with van der Waals surface area (Å²) in [4.78, 5) is 0. The number of aryl methyl sites for hydroxylation is 1. The Kier molecular flexibility index (Phi) is 4.55. The summed E-state index contributed by atoms with van der Waals surface area (Å²) in [5.41, 5.74) is 3.68. The fraction of sp³-hybridized carbons (Fsp3) is 0.533. The Hall–Kier alpha value is -0.820. The molecule has 1 radical (unpaired) electrons. The van der Waals surface area contributed by atoms with Crippen molar-refractivity contribution in [2.24, 2.45) is 0 Å². The molecule has 1 heteroatoms. The van der Waals surface area contributed by atoms with Gasteiger partial charge in [0.15, 0.2) is 0 Å². The molecule has 0 saturated heterocycles. The largest absolute Gasteiger partial charge is 0.385 e. The van der Waals surface area contributed by atoms with Crippen molar-refractivity contribution in [2.75, 3.05) is 0 Å². The Morgan fingerprint density at radius 2 is 1.88 bits per heavy atom. The van der Waals surface area contributed by atoms with E-state index in [1.165, 1.54) is 30.6 Å². The Labute approximate surface area is 99.5 Å². The highest BCUT2D eigenvalue weighted by Gasteiger charge is 2.15. The molecule has 0 spiro atoms. The molecule has 16 heavy (non-hydrogen) atoms. The van der Waals surface area contributed by atoms with E-state index in [1.54, 1.807) is 0 Å². The molecule has 0 unspecified atom stereocenters. The van der Waals surface area contributed by atoms with Crippen LogP contribution in [0.5, 0.6) is 0 Å². The zero-order valence-electron chi connectivity index (χ0n) is 10.9. The topological polar surface area (TPSA) is 20.2 Å². The van der Waals surface area contributed by atoms with Gasteiger partial charge >= 0.3 is 0 Å². The molecule has 1 aromatic rings. The SMILES string of the molecule is CCCCc1cc([CH]O)cc(C(C)(C)C)c1. The van der Waals surface area contributed by atoms with Gasteiger partial charge in [-0.15, -0.1) is 0 Å². The second-order valence-corrected chi connectivity index (χ2v) is 5.45. The standard InChI is InChI=1S/C15H23O/c1-5-6-7-12-8-13(11-16)10-14(9-12)15(2,3)4/h8-11,16H,5-7H2,1-4H3. The van der Waals surface area contributed by atoms with Gasteiger partial charge in [-0.1, -0.05) is 52.3 Å². The smallest absolute Gasteiger partial charge is 0.109 e. The van der Waals surface area contributed by atoms with Crippen molar-refractivity contribution in [3.8, 4) is 0 Å². The van der Waals surface area contributed by atoms with E-state index in [9.17, 15) is 0 Å². The zero-order chi connectivity index (χ0) is 12.2. The van der Waals surface area contributed by atoms with Crippen LogP contribution >= 0.6 is 0 Å². The van der Waals surface area contributed by atoms with Crippen molar-refractivity contribution in [3.05, 3.63) is 41.5 Å². The lowest BCUT2D eigenvalue weighted by atomic mass is 9.84. The molecule has 89 valence electrons. The monoisotopic (exact) mass is 219 g/mol. The minimum Gasteiger partial charge on any atom is -0.385 e. The molecular weight excluding hydrogens is 196 g/mol. The van der Waals surface area contributed by atoms with Crippen LogP contribution in [0.3, 0.4) is 0 Å². The zero-order valence-corrected chi connectivity index (χ0v) is 10.9. The van der Waals surface area contributed by atoms with Crippen molar-refractivity contribution in [2.45, 2.75) is 52.4 Å². The number of benzene rings is 1. The first-order valence-electron chi connectivity index (χ1n) is 6.09. The molecular formula is C15H23O. The fourth-order valence-electron chi connectivity index (χ4n) is 1.75. The maximum Gasteiger partial charge on any atom is 0.109 e. The summed E-state index contributed by atoms with van der Waals surface area (Å²) >= 11 is 0. The third-order valence-corrected chi connectivity index (χ3v) is 2.85. The average Bonchev–Trinajstić information content (AvgIpc) is 2.24. The fourth-order valence-corrected chi connectivity index (χ4v) is 1.75. The molecule has 0 bridgehead atoms. The van der Waals surface area contributed by atoms with E-state index in [0.29, 0.717) is 0 Å². The maximum absolute atomic E-state index is 9.15. The lowest BCUT2D eigenvalue weighted by Crippen LogP contribution is -2.12. The predicted octanol–water partition coefficient (Wildman–Crippen LogP) is 4.21. The van der Waals surface area contributed by atoms with Crippen LogP contribution in [0.2, 0.25) is 0 Å². The molecule has 1 aromatic carbocycles. The summed E-state index contributed by atoms with van der Waals surface area (Å²) in [5, 5.41) is 9.15. The van der Waals surface area contributed by atoms with Crippen LogP contribution in [0.4, 0.5) is 0 Å². The van der Waals surface area contributed by atoms with Crippen molar-refractivity contribution in [1.82, 2.24) is 0 Å². The first-order chi connectivity index (χ1) is 7.47. The minimum atomic E-state index is 0.139. The summed E-state index contributed by atoms with van der Waals surface area (Å²) < 4.78 is 0. The molecule has 0 aliphatic heterocycles. The van der Waals surface area contributed by atoms with Gasteiger partial charge < -0.3 is 5.11 Å². The van der Waals surface area contributed by atoms with Gasteiger partial charge in [-0.25, -0.2) is 0 Å². The molecule has 0 aliphatic carbocycles. The average molecular weight is 219 g/mol. The number of unbranched alkanes of at least 4 members (excludes halogenated alkanes) is 1. The lowest BCUT2D eigenvalue weighted by molar-refractivity contribution is 0.414. The van der Waals surface area contributed by atoms with E-state index in [1.807, 2.05) is 0 Å². The number of hydrogen-bond acceptors (Lipinski definition) is 1. The molecule has 0 saturated carbocycles. The van der Waals surface area contributed by atoms with Crippen LogP contribution < -0.4 is 0 Å². The Balaban J connectivity index is 3.01. The maximum atomic E-state index is 9.15. The molecule has 0 atom stereocenters. The molecule has 0 heterocycles. The second kappa shape index (κ2) is 5.49. The predicted molar refractivity (Wildman–Crippen MR) is 69.1 cm³/mol. The summed E-state index contributed by atoms with van der Waals surface area (Å²) in [6.45, 7) is 10.0. The summed E-state index contributed by atoms with van der Waals surface area (Å²) in [6.07, 6.45) is 3.51. The van der Waals surface area contributed by atoms with E-state index >= 15 is 0 Å². The third kappa shape index (κ3) is 3.64. The van der Waals surface area contributed by atoms with Crippen LogP contribution in [0, 0.1) is 6.61 Å². The number of aliphatic hydroxyl groups is 1. The van der Waals surface area contributed by atoms with Gasteiger partial charge in [0.2, 0.25) is 0 Å². The first-order valence-corrected chi connectivity index (χ1v) is 6.09. The Morgan fingerprint density at radius 3 is 2.38 bits per heavy atom. The van der Waals surface area contributed by atoms with Gasteiger partial charge in [0.25, 0.3) is 0 Å². The number of aliphatic hydroxyl groups excluding tert-OH is 1. The van der Waals surface area contributed by atoms with Crippen molar-refractivity contribution >= 4 is 0 Å². The quantitative estimate of drug-likeness (QED) is 0.804. The Bertz CT molecular complexity index is 334. The minimum absolute atomic E-state index is 0.139. The van der Waals surface area contributed by atoms with Gasteiger partial charge in [-0.3, -0.25) is 0 Å². The van der Waals surface area contributed by atoms with E-state index in [0.717, 1.165) is 12.0 Å². The summed E-state index contributed by atoms with van der Waals surface area (Å²) in [6, 6.07) is 6.41. The van der Waals surface area contributed by atoms with Crippen molar-refractivity contribution < 1.29 is 5.11 Å². The van der Waals surface area contributed by atoms with Gasteiger partial charge in [0.1, 0.15) is 6.61 Å². The third-order valence-electron chi connectivity index (χ3n) is 2.85. The van der Waals surface area contributed by atoms with Gasteiger partial charge in [-0.2, -0.15) is 0 Å². The van der Waals surface area contributed by atoms with E-state index in [-0.39, 0.29) is 5.41 Å². The number of rotatable bonds is 4. The van der Waals surface area contributed by atoms with Gasteiger partial charge in [-0.05, 0) is 34.9 Å². The Morgan fingerprint density at radius 1 is 1.19 bits per heavy atom. The van der Waals surface area contributed by atoms with Crippen LogP contribution in [-0.4, -0.2) is 5.11 Å². The highest BCUT2D eigenvalue weighted by molar-refractivity contribution is 5.36. The van der Waals surface area contributed by atoms with Crippen LogP contribution in [-0.2, 0) is 11.8 Å². The van der Waals surface area contributed by atoms with Crippen molar-refractivity contribution in [3.63, 3.8) is 0 Å². The van der Waals surface area contributed by atoms with Crippen LogP contribution in [0.15, 0.2) is 18.2 Å². The molecule has 0 fully saturated rings. The van der Waals surface area contributed by atoms with Gasteiger partial charge in [0.05, 0.1) is 0 Å². The summed E-state index contributed by atoms with van der Waals surface area (Å²) in [5.74, 6) is 0. The summed E-state index contributed by atoms with van der Waals surface area (Å²) in [7, 11) is 0. The first kappa shape index (κ1) is 13.2. The van der Waals surface area contributed by atoms with Crippen LogP contribution in [0.25, 0.3) is 0 Å². The molecule has 0 aliphatic rings. The van der Waals surface area contributed by atoms with E-state index < -0.39 is 0 Å². The highest BCUT2D eigenvalue weighted by Crippen LogP contribution is 2.25. The molecule has 0 amide bonds. The van der Waals surface area contributed by atoms with Crippen molar-refractivity contribution in [1.29, 1.82) is 0 Å². The highest BCUT2D eigenvalue weighted by atomic mass is 16.3. The normalized spacial score (nSPS) is 11.8. The lowest BCUT2D eigenvalue weighted by Gasteiger charge is -2.21.